The molecule has 1 aliphatic carbocycles. The predicted octanol–water partition coefficient (Wildman–Crippen LogP) is 5.70. The predicted molar refractivity (Wildman–Crippen MR) is 135 cm³/mol. The van der Waals surface area contributed by atoms with E-state index in [0.29, 0.717) is 16.4 Å². The molecule has 0 amide bonds. The number of ketones is 1. The van der Waals surface area contributed by atoms with Gasteiger partial charge in [-0.3, -0.25) is 14.2 Å². The van der Waals surface area contributed by atoms with Crippen LogP contribution >= 0.6 is 23.1 Å². The van der Waals surface area contributed by atoms with E-state index in [1.807, 2.05) is 61.5 Å². The quantitative estimate of drug-likeness (QED) is 0.203. The molecular weight excluding hydrogens is 452 g/mol. The number of hydrogen-bond donors (Lipinski definition) is 0. The maximum absolute atomic E-state index is 13.9. The monoisotopic (exact) mass is 476 g/mol. The summed E-state index contributed by atoms with van der Waals surface area (Å²) in [5, 5.41) is 0.876. The number of thioether (sulfide) groups is 1. The van der Waals surface area contributed by atoms with Crippen molar-refractivity contribution >= 4 is 39.1 Å². The third-order valence-electron chi connectivity index (χ3n) is 6.00. The molecule has 2 heterocycles. The molecule has 0 saturated carbocycles. The minimum absolute atomic E-state index is 0.0155. The molecule has 5 rings (SSSR count). The highest BCUT2D eigenvalue weighted by Crippen LogP contribution is 2.36. The molecule has 1 aliphatic rings. The van der Waals surface area contributed by atoms with Gasteiger partial charge in [-0.1, -0.05) is 42.1 Å². The maximum atomic E-state index is 13.9. The Morgan fingerprint density at radius 1 is 1.09 bits per heavy atom. The van der Waals surface area contributed by atoms with Crippen molar-refractivity contribution in [2.45, 2.75) is 43.0 Å². The van der Waals surface area contributed by atoms with Gasteiger partial charge in [-0.15, -0.1) is 11.3 Å². The minimum Gasteiger partial charge on any atom is -0.497 e. The Bertz CT molecular complexity index is 1370. The second kappa shape index (κ2) is 9.15. The molecule has 4 aromatic rings. The number of nitrogens with zero attached hydrogens (tertiary/aromatic N) is 2. The van der Waals surface area contributed by atoms with Crippen LogP contribution in [0.4, 0.5) is 0 Å². The Balaban J connectivity index is 1.64. The van der Waals surface area contributed by atoms with E-state index in [1.165, 1.54) is 16.6 Å². The fourth-order valence-corrected chi connectivity index (χ4v) is 6.58. The van der Waals surface area contributed by atoms with Crippen LogP contribution in [0, 0.1) is 0 Å². The number of carbonyl (C=O) groups is 1. The first-order valence-corrected chi connectivity index (χ1v) is 12.7. The Hall–Kier alpha value is -2.90. The van der Waals surface area contributed by atoms with Gasteiger partial charge in [-0.05, 0) is 62.4 Å². The van der Waals surface area contributed by atoms with Gasteiger partial charge in [-0.2, -0.15) is 0 Å². The number of hydrogen-bond acceptors (Lipinski definition) is 6. The average Bonchev–Trinajstić information content (AvgIpc) is 3.23. The molecule has 2 aromatic carbocycles. The van der Waals surface area contributed by atoms with Crippen LogP contribution in [-0.4, -0.2) is 27.7 Å². The van der Waals surface area contributed by atoms with Crippen molar-refractivity contribution in [2.75, 3.05) is 7.11 Å². The first kappa shape index (κ1) is 21.9. The first-order chi connectivity index (χ1) is 16.1. The summed E-state index contributed by atoms with van der Waals surface area (Å²) in [6, 6.07) is 16.6. The molecule has 2 aromatic heterocycles. The van der Waals surface area contributed by atoms with E-state index in [4.69, 9.17) is 9.72 Å². The molecule has 0 saturated heterocycles. The lowest BCUT2D eigenvalue weighted by molar-refractivity contribution is 0.0994. The molecule has 1 unspecified atom stereocenters. The molecule has 0 spiro atoms. The number of Topliss-reactive ketones (excluding diaryl/α,β-unsaturated/α-hetero) is 1. The summed E-state index contributed by atoms with van der Waals surface area (Å²) < 4.78 is 6.95. The van der Waals surface area contributed by atoms with Crippen LogP contribution in [0.1, 0.15) is 40.6 Å². The van der Waals surface area contributed by atoms with E-state index in [1.54, 1.807) is 23.0 Å². The highest BCUT2D eigenvalue weighted by Gasteiger charge is 2.25. The standard InChI is InChI=1S/C26H24N2O3S2/c1-16(23(29)17-8-4-3-5-9-17)32-26-27-24-22(20-10-6-7-11-21(20)33-24)25(30)28(26)18-12-14-19(31-2)15-13-18/h3-5,8-9,12-16H,6-7,10-11H2,1-2H3. The molecule has 7 heteroatoms. The van der Waals surface area contributed by atoms with Gasteiger partial charge in [0.05, 0.1) is 23.4 Å². The average molecular weight is 477 g/mol. The van der Waals surface area contributed by atoms with Crippen LogP contribution < -0.4 is 10.3 Å². The summed E-state index contributed by atoms with van der Waals surface area (Å²) >= 11 is 2.96. The molecule has 0 bridgehead atoms. The molecule has 0 aliphatic heterocycles. The van der Waals surface area contributed by atoms with Crippen LogP contribution in [0.15, 0.2) is 64.5 Å². The fraction of sp³-hybridized carbons (Fsp3) is 0.269. The van der Waals surface area contributed by atoms with E-state index >= 15 is 0 Å². The lowest BCUT2D eigenvalue weighted by atomic mass is 9.97. The lowest BCUT2D eigenvalue weighted by Crippen LogP contribution is -2.24. The summed E-state index contributed by atoms with van der Waals surface area (Å²) in [6.45, 7) is 1.87. The van der Waals surface area contributed by atoms with Gasteiger partial charge in [0.25, 0.3) is 5.56 Å². The van der Waals surface area contributed by atoms with E-state index in [-0.39, 0.29) is 11.3 Å². The number of carbonyl (C=O) groups excluding carboxylic acids is 1. The first-order valence-electron chi connectivity index (χ1n) is 11.0. The van der Waals surface area contributed by atoms with Gasteiger partial charge in [-0.25, -0.2) is 4.98 Å². The molecule has 5 nitrogen and oxygen atoms in total. The number of thiophene rings is 1. The van der Waals surface area contributed by atoms with Gasteiger partial charge in [0.15, 0.2) is 10.9 Å². The number of benzene rings is 2. The number of fused-ring (bicyclic) bond motifs is 3. The summed E-state index contributed by atoms with van der Waals surface area (Å²) in [5.41, 5.74) is 2.47. The molecule has 0 radical (unpaired) electrons. The SMILES string of the molecule is COc1ccc(-n2c(SC(C)C(=O)c3ccccc3)nc3sc4c(c3c2=O)CCCC4)cc1. The second-order valence-electron chi connectivity index (χ2n) is 8.11. The lowest BCUT2D eigenvalue weighted by Gasteiger charge is -2.16. The zero-order chi connectivity index (χ0) is 22.9. The second-order valence-corrected chi connectivity index (χ2v) is 10.5. The highest BCUT2D eigenvalue weighted by molar-refractivity contribution is 8.00. The summed E-state index contributed by atoms with van der Waals surface area (Å²) in [7, 11) is 1.62. The maximum Gasteiger partial charge on any atom is 0.267 e. The Morgan fingerprint density at radius 2 is 1.82 bits per heavy atom. The van der Waals surface area contributed by atoms with Gasteiger partial charge in [0.2, 0.25) is 0 Å². The van der Waals surface area contributed by atoms with Crippen molar-refractivity contribution in [1.82, 2.24) is 9.55 Å². The third-order valence-corrected chi connectivity index (χ3v) is 8.24. The molecule has 0 N–H and O–H groups in total. The van der Waals surface area contributed by atoms with Gasteiger partial charge in [0, 0.05) is 10.4 Å². The van der Waals surface area contributed by atoms with Crippen molar-refractivity contribution in [3.05, 3.63) is 81.0 Å². The van der Waals surface area contributed by atoms with Crippen molar-refractivity contribution in [3.63, 3.8) is 0 Å². The largest absolute Gasteiger partial charge is 0.497 e. The van der Waals surface area contributed by atoms with E-state index in [0.717, 1.165) is 47.2 Å². The molecular formula is C26H24N2O3S2. The molecule has 0 fully saturated rings. The van der Waals surface area contributed by atoms with Gasteiger partial charge >= 0.3 is 0 Å². The van der Waals surface area contributed by atoms with Crippen molar-refractivity contribution in [1.29, 1.82) is 0 Å². The van der Waals surface area contributed by atoms with Crippen LogP contribution in [0.5, 0.6) is 5.75 Å². The Labute approximate surface area is 200 Å². The van der Waals surface area contributed by atoms with Crippen LogP contribution in [0.25, 0.3) is 15.9 Å². The zero-order valence-electron chi connectivity index (χ0n) is 18.5. The topological polar surface area (TPSA) is 61.2 Å². The fourth-order valence-electron chi connectivity index (χ4n) is 4.27. The molecule has 168 valence electrons. The summed E-state index contributed by atoms with van der Waals surface area (Å²) in [6.07, 6.45) is 4.17. The minimum atomic E-state index is -0.393. The number of methoxy groups -OCH3 is 1. The summed E-state index contributed by atoms with van der Waals surface area (Å²) in [4.78, 5) is 33.9. The normalized spacial score (nSPS) is 14.1. The zero-order valence-corrected chi connectivity index (χ0v) is 20.2. The third kappa shape index (κ3) is 4.11. The van der Waals surface area contributed by atoms with Crippen LogP contribution in [0.2, 0.25) is 0 Å². The number of ether oxygens (including phenoxy) is 1. The van der Waals surface area contributed by atoms with Crippen molar-refractivity contribution in [3.8, 4) is 11.4 Å². The van der Waals surface area contributed by atoms with Crippen molar-refractivity contribution in [2.24, 2.45) is 0 Å². The van der Waals surface area contributed by atoms with Crippen LogP contribution in [0.3, 0.4) is 0 Å². The van der Waals surface area contributed by atoms with Crippen LogP contribution in [-0.2, 0) is 12.8 Å². The van der Waals surface area contributed by atoms with E-state index < -0.39 is 5.25 Å². The van der Waals surface area contributed by atoms with E-state index in [2.05, 4.69) is 0 Å². The highest BCUT2D eigenvalue weighted by atomic mass is 32.2. The molecule has 1 atom stereocenters. The Kier molecular flexibility index (Phi) is 6.08. The number of rotatable bonds is 6. The van der Waals surface area contributed by atoms with Gasteiger partial charge in [0.1, 0.15) is 10.6 Å². The van der Waals surface area contributed by atoms with E-state index in [9.17, 15) is 9.59 Å². The number of aromatic nitrogens is 2. The summed E-state index contributed by atoms with van der Waals surface area (Å²) in [5.74, 6) is 0.734. The smallest absolute Gasteiger partial charge is 0.267 e. The Morgan fingerprint density at radius 3 is 2.55 bits per heavy atom. The number of aryl methyl sites for hydroxylation is 2. The van der Waals surface area contributed by atoms with Gasteiger partial charge < -0.3 is 4.74 Å². The molecule has 33 heavy (non-hydrogen) atoms. The van der Waals surface area contributed by atoms with Crippen molar-refractivity contribution < 1.29 is 9.53 Å².